The third kappa shape index (κ3) is 2.77. The Morgan fingerprint density at radius 1 is 1.29 bits per heavy atom. The third-order valence-electron chi connectivity index (χ3n) is 4.39. The highest BCUT2D eigenvalue weighted by Crippen LogP contribution is 2.33. The summed E-state index contributed by atoms with van der Waals surface area (Å²) in [6.07, 6.45) is 0. The van der Waals surface area contributed by atoms with Crippen LogP contribution in [0.1, 0.15) is 17.0 Å². The lowest BCUT2D eigenvalue weighted by Gasteiger charge is -2.46. The average molecular weight is 344 g/mol. The molecule has 1 aromatic carbocycles. The van der Waals surface area contributed by atoms with Crippen LogP contribution in [-0.2, 0) is 12.1 Å². The lowest BCUT2D eigenvalue weighted by molar-refractivity contribution is -0.108. The molecule has 0 aliphatic carbocycles. The minimum Gasteiger partial charge on any atom is -0.441 e. The summed E-state index contributed by atoms with van der Waals surface area (Å²) in [6.45, 7) is 3.53. The van der Waals surface area contributed by atoms with E-state index < -0.39 is 5.60 Å². The lowest BCUT2D eigenvalue weighted by atomic mass is 9.86. The fourth-order valence-electron chi connectivity index (χ4n) is 3.04. The van der Waals surface area contributed by atoms with Gasteiger partial charge < -0.3 is 9.52 Å². The van der Waals surface area contributed by atoms with Crippen molar-refractivity contribution >= 4 is 11.3 Å². The number of aryl methyl sites for hydroxylation is 1. The molecule has 1 saturated heterocycles. The second-order valence-electron chi connectivity index (χ2n) is 6.22. The molecule has 0 saturated carbocycles. The third-order valence-corrected chi connectivity index (χ3v) is 5.07. The van der Waals surface area contributed by atoms with E-state index in [4.69, 9.17) is 4.42 Å². The van der Waals surface area contributed by atoms with Gasteiger partial charge in [-0.25, -0.2) is 9.37 Å². The van der Waals surface area contributed by atoms with Crippen LogP contribution in [-0.4, -0.2) is 28.1 Å². The Kier molecular flexibility index (Phi) is 3.75. The maximum absolute atomic E-state index is 13.0. The average Bonchev–Trinajstić information content (AvgIpc) is 3.16. The van der Waals surface area contributed by atoms with Gasteiger partial charge in [-0.3, -0.25) is 4.90 Å². The van der Waals surface area contributed by atoms with Gasteiger partial charge in [0.1, 0.15) is 17.2 Å². The fraction of sp³-hybridized carbons (Fsp3) is 0.278. The van der Waals surface area contributed by atoms with Gasteiger partial charge in [0.25, 0.3) is 0 Å². The molecule has 0 spiro atoms. The molecule has 1 fully saturated rings. The molecule has 6 heteroatoms. The Bertz CT molecular complexity index is 837. The molecule has 1 aliphatic heterocycles. The first-order valence-electron chi connectivity index (χ1n) is 7.73. The smallest absolute Gasteiger partial charge is 0.227 e. The summed E-state index contributed by atoms with van der Waals surface area (Å²) in [5, 5.41) is 14.6. The van der Waals surface area contributed by atoms with Crippen LogP contribution in [0.2, 0.25) is 0 Å². The van der Waals surface area contributed by atoms with Crippen LogP contribution < -0.4 is 0 Å². The maximum atomic E-state index is 13.0. The summed E-state index contributed by atoms with van der Waals surface area (Å²) < 4.78 is 18.8. The fourth-order valence-corrected chi connectivity index (χ4v) is 3.67. The van der Waals surface area contributed by atoms with E-state index in [2.05, 4.69) is 9.88 Å². The van der Waals surface area contributed by atoms with Crippen molar-refractivity contribution in [3.8, 4) is 11.5 Å². The van der Waals surface area contributed by atoms with Crippen molar-refractivity contribution in [2.24, 2.45) is 0 Å². The van der Waals surface area contributed by atoms with Crippen LogP contribution in [0.5, 0.6) is 0 Å². The van der Waals surface area contributed by atoms with E-state index in [-0.39, 0.29) is 5.82 Å². The van der Waals surface area contributed by atoms with E-state index >= 15 is 0 Å². The van der Waals surface area contributed by atoms with Crippen molar-refractivity contribution in [1.82, 2.24) is 9.88 Å². The topological polar surface area (TPSA) is 49.5 Å². The molecule has 1 aliphatic rings. The molecule has 3 aromatic rings. The monoisotopic (exact) mass is 344 g/mol. The number of aromatic nitrogens is 1. The van der Waals surface area contributed by atoms with Gasteiger partial charge in [0, 0.05) is 30.6 Å². The minimum atomic E-state index is -0.915. The Morgan fingerprint density at radius 2 is 2.04 bits per heavy atom. The van der Waals surface area contributed by atoms with E-state index in [0.29, 0.717) is 25.5 Å². The summed E-state index contributed by atoms with van der Waals surface area (Å²) in [4.78, 5) is 6.68. The van der Waals surface area contributed by atoms with Crippen molar-refractivity contribution in [2.45, 2.75) is 19.1 Å². The normalized spacial score (nSPS) is 17.0. The number of thiophene rings is 1. The van der Waals surface area contributed by atoms with Gasteiger partial charge in [0.05, 0.1) is 5.69 Å². The highest BCUT2D eigenvalue weighted by molar-refractivity contribution is 7.08. The second-order valence-corrected chi connectivity index (χ2v) is 7.00. The van der Waals surface area contributed by atoms with Crippen molar-refractivity contribution in [1.29, 1.82) is 0 Å². The van der Waals surface area contributed by atoms with Crippen LogP contribution in [0.25, 0.3) is 11.5 Å². The van der Waals surface area contributed by atoms with E-state index in [9.17, 15) is 9.50 Å². The van der Waals surface area contributed by atoms with Gasteiger partial charge >= 0.3 is 0 Å². The van der Waals surface area contributed by atoms with Gasteiger partial charge in [-0.15, -0.1) is 0 Å². The molecule has 24 heavy (non-hydrogen) atoms. The summed E-state index contributed by atoms with van der Waals surface area (Å²) in [6, 6.07) is 8.03. The minimum absolute atomic E-state index is 0.294. The molecule has 4 nitrogen and oxygen atoms in total. The number of nitrogens with zero attached hydrogens (tertiary/aromatic N) is 2. The molecule has 1 N–H and O–H groups in total. The van der Waals surface area contributed by atoms with E-state index in [1.54, 1.807) is 23.5 Å². The Balaban J connectivity index is 1.44. The number of hydrogen-bond donors (Lipinski definition) is 1. The number of hydrogen-bond acceptors (Lipinski definition) is 5. The van der Waals surface area contributed by atoms with Gasteiger partial charge in [0.15, 0.2) is 0 Å². The van der Waals surface area contributed by atoms with Crippen LogP contribution in [0.4, 0.5) is 4.39 Å². The molecule has 124 valence electrons. The van der Waals surface area contributed by atoms with E-state index in [1.165, 1.54) is 12.1 Å². The van der Waals surface area contributed by atoms with Crippen LogP contribution >= 0.6 is 11.3 Å². The lowest BCUT2D eigenvalue weighted by Crippen LogP contribution is -2.58. The predicted molar refractivity (Wildman–Crippen MR) is 90.1 cm³/mol. The Morgan fingerprint density at radius 3 is 2.71 bits per heavy atom. The Labute approximate surface area is 143 Å². The summed E-state index contributed by atoms with van der Waals surface area (Å²) in [7, 11) is 0. The maximum Gasteiger partial charge on any atom is 0.227 e. The van der Waals surface area contributed by atoms with Gasteiger partial charge in [0.2, 0.25) is 5.89 Å². The summed E-state index contributed by atoms with van der Waals surface area (Å²) in [5.74, 6) is 1.14. The number of β-amino-alcohol motifs (C(OH)–C–C–N with tert-alkyl or cyclic N) is 1. The molecular formula is C18H17FN2O2S. The highest BCUT2D eigenvalue weighted by Gasteiger charge is 2.42. The summed E-state index contributed by atoms with van der Waals surface area (Å²) >= 11 is 1.61. The number of rotatable bonds is 4. The number of aliphatic hydroxyl groups is 1. The molecule has 0 amide bonds. The second kappa shape index (κ2) is 5.81. The molecule has 4 rings (SSSR count). The largest absolute Gasteiger partial charge is 0.441 e. The van der Waals surface area contributed by atoms with Crippen LogP contribution in [0.3, 0.4) is 0 Å². The van der Waals surface area contributed by atoms with Gasteiger partial charge in [-0.2, -0.15) is 11.3 Å². The molecule has 0 bridgehead atoms. The van der Waals surface area contributed by atoms with Crippen LogP contribution in [0.15, 0.2) is 45.5 Å². The van der Waals surface area contributed by atoms with Crippen LogP contribution in [0, 0.1) is 12.7 Å². The molecule has 0 radical (unpaired) electrons. The standard InChI is InChI=1S/C18H17FN2O2S/c1-12-16(20-17(23-12)13-6-7-24-9-13)8-21-10-18(22,11-21)14-2-4-15(19)5-3-14/h2-7,9,22H,8,10-11H2,1H3. The molecule has 2 aromatic heterocycles. The zero-order valence-corrected chi connectivity index (χ0v) is 14.0. The highest BCUT2D eigenvalue weighted by atomic mass is 32.1. The van der Waals surface area contributed by atoms with Crippen molar-refractivity contribution in [3.05, 3.63) is 63.9 Å². The summed E-state index contributed by atoms with van der Waals surface area (Å²) in [5.41, 5.74) is 1.70. The molecular weight excluding hydrogens is 327 g/mol. The zero-order valence-electron chi connectivity index (χ0n) is 13.2. The number of benzene rings is 1. The number of likely N-dealkylation sites (tertiary alicyclic amines) is 1. The SMILES string of the molecule is Cc1oc(-c2ccsc2)nc1CN1CC(O)(c2ccc(F)cc2)C1. The van der Waals surface area contributed by atoms with Crippen molar-refractivity contribution in [2.75, 3.05) is 13.1 Å². The first-order chi connectivity index (χ1) is 11.5. The van der Waals surface area contributed by atoms with Crippen molar-refractivity contribution in [3.63, 3.8) is 0 Å². The quantitative estimate of drug-likeness (QED) is 0.786. The molecule has 0 unspecified atom stereocenters. The number of halogens is 1. The van der Waals surface area contributed by atoms with Gasteiger partial charge in [-0.1, -0.05) is 12.1 Å². The first-order valence-corrected chi connectivity index (χ1v) is 8.67. The zero-order chi connectivity index (χ0) is 16.7. The Hall–Kier alpha value is -2.02. The predicted octanol–water partition coefficient (Wildman–Crippen LogP) is 3.55. The van der Waals surface area contributed by atoms with E-state index in [1.807, 2.05) is 23.8 Å². The molecule has 0 atom stereocenters. The number of oxazole rings is 1. The first kappa shape index (κ1) is 15.5. The van der Waals surface area contributed by atoms with E-state index in [0.717, 1.165) is 22.6 Å². The molecule has 3 heterocycles. The van der Waals surface area contributed by atoms with Crippen molar-refractivity contribution < 1.29 is 13.9 Å². The van der Waals surface area contributed by atoms with Gasteiger partial charge in [-0.05, 0) is 36.1 Å².